The number of likely N-dealkylation sites (tertiary alicyclic amines) is 1. The van der Waals surface area contributed by atoms with E-state index < -0.39 is 0 Å². The van der Waals surface area contributed by atoms with E-state index in [1.807, 2.05) is 11.9 Å². The molecule has 0 aliphatic carbocycles. The highest BCUT2D eigenvalue weighted by Gasteiger charge is 2.27. The summed E-state index contributed by atoms with van der Waals surface area (Å²) in [5.41, 5.74) is 2.75. The Bertz CT molecular complexity index is 861. The smallest absolute Gasteiger partial charge is 0.289 e. The zero-order valence-corrected chi connectivity index (χ0v) is 17.6. The molecule has 4 heteroatoms. The van der Waals surface area contributed by atoms with Crippen LogP contribution in [0.5, 0.6) is 0 Å². The van der Waals surface area contributed by atoms with Gasteiger partial charge in [0.05, 0.1) is 6.26 Å². The van der Waals surface area contributed by atoms with Crippen molar-refractivity contribution in [1.29, 1.82) is 0 Å². The Morgan fingerprint density at radius 3 is 2.10 bits per heavy atom. The SMILES string of the molecule is CN(C(=O)c1ccco1)C1CCN(CCC(c2ccccc2)c2ccccc2)CC1. The maximum atomic E-state index is 12.5. The summed E-state index contributed by atoms with van der Waals surface area (Å²) in [7, 11) is 1.89. The largest absolute Gasteiger partial charge is 0.459 e. The Morgan fingerprint density at radius 2 is 1.57 bits per heavy atom. The minimum absolute atomic E-state index is 0.0216. The molecule has 1 saturated heterocycles. The van der Waals surface area contributed by atoms with Crippen molar-refractivity contribution >= 4 is 5.91 Å². The van der Waals surface area contributed by atoms with Crippen LogP contribution in [0, 0.1) is 0 Å². The van der Waals surface area contributed by atoms with Crippen LogP contribution in [0.2, 0.25) is 0 Å². The van der Waals surface area contributed by atoms with Crippen molar-refractivity contribution in [3.63, 3.8) is 0 Å². The van der Waals surface area contributed by atoms with Crippen molar-refractivity contribution in [3.8, 4) is 0 Å². The third-order valence-electron chi connectivity index (χ3n) is 6.30. The molecule has 0 atom stereocenters. The molecule has 0 N–H and O–H groups in total. The molecule has 1 amide bonds. The Balaban J connectivity index is 1.33. The molecule has 2 aromatic carbocycles. The summed E-state index contributed by atoms with van der Waals surface area (Å²) in [6, 6.07) is 25.4. The Kier molecular flexibility index (Phi) is 6.65. The maximum Gasteiger partial charge on any atom is 0.289 e. The van der Waals surface area contributed by atoms with Gasteiger partial charge in [-0.1, -0.05) is 60.7 Å². The van der Waals surface area contributed by atoms with Gasteiger partial charge in [-0.15, -0.1) is 0 Å². The molecule has 4 nitrogen and oxygen atoms in total. The predicted octanol–water partition coefficient (Wildman–Crippen LogP) is 5.04. The Morgan fingerprint density at radius 1 is 0.967 bits per heavy atom. The van der Waals surface area contributed by atoms with Gasteiger partial charge in [-0.25, -0.2) is 0 Å². The van der Waals surface area contributed by atoms with Crippen LogP contribution in [-0.2, 0) is 0 Å². The fourth-order valence-electron chi connectivity index (χ4n) is 4.48. The van der Waals surface area contributed by atoms with Crippen molar-refractivity contribution in [2.45, 2.75) is 31.2 Å². The normalized spacial score (nSPS) is 15.4. The lowest BCUT2D eigenvalue weighted by Crippen LogP contribution is -2.45. The van der Waals surface area contributed by atoms with Gasteiger partial charge in [0.15, 0.2) is 5.76 Å². The molecule has 30 heavy (non-hydrogen) atoms. The molecule has 0 unspecified atom stereocenters. The topological polar surface area (TPSA) is 36.7 Å². The number of carbonyl (C=O) groups excluding carboxylic acids is 1. The van der Waals surface area contributed by atoms with Crippen molar-refractivity contribution in [2.75, 3.05) is 26.7 Å². The molecule has 2 heterocycles. The summed E-state index contributed by atoms with van der Waals surface area (Å²) in [6.07, 6.45) is 4.66. The van der Waals surface area contributed by atoms with E-state index in [2.05, 4.69) is 65.6 Å². The molecule has 0 saturated carbocycles. The van der Waals surface area contributed by atoms with E-state index >= 15 is 0 Å². The maximum absolute atomic E-state index is 12.5. The van der Waals surface area contributed by atoms with Gasteiger partial charge in [0.1, 0.15) is 0 Å². The van der Waals surface area contributed by atoms with Crippen molar-refractivity contribution in [3.05, 3.63) is 95.9 Å². The number of rotatable bonds is 7. The van der Waals surface area contributed by atoms with E-state index in [1.54, 1.807) is 18.4 Å². The van der Waals surface area contributed by atoms with Crippen molar-refractivity contribution in [2.24, 2.45) is 0 Å². The fraction of sp³-hybridized carbons (Fsp3) is 0.346. The van der Waals surface area contributed by atoms with Crippen LogP contribution in [0.4, 0.5) is 0 Å². The molecule has 0 bridgehead atoms. The van der Waals surface area contributed by atoms with Crippen LogP contribution < -0.4 is 0 Å². The van der Waals surface area contributed by atoms with Gasteiger partial charge >= 0.3 is 0 Å². The highest BCUT2D eigenvalue weighted by atomic mass is 16.3. The second kappa shape index (κ2) is 9.77. The number of hydrogen-bond acceptors (Lipinski definition) is 3. The van der Waals surface area contributed by atoms with Crippen LogP contribution in [-0.4, -0.2) is 48.4 Å². The average molecular weight is 403 g/mol. The van der Waals surface area contributed by atoms with E-state index in [4.69, 9.17) is 4.42 Å². The van der Waals surface area contributed by atoms with Gasteiger partial charge in [-0.05, 0) is 49.1 Å². The van der Waals surface area contributed by atoms with Crippen molar-refractivity contribution in [1.82, 2.24) is 9.80 Å². The molecule has 3 aromatic rings. The first-order chi connectivity index (χ1) is 14.7. The minimum atomic E-state index is -0.0216. The van der Waals surface area contributed by atoms with Crippen LogP contribution in [0.25, 0.3) is 0 Å². The second-order valence-electron chi connectivity index (χ2n) is 8.13. The summed E-state index contributed by atoms with van der Waals surface area (Å²) in [4.78, 5) is 16.9. The number of nitrogens with zero attached hydrogens (tertiary/aromatic N) is 2. The summed E-state index contributed by atoms with van der Waals surface area (Å²) in [5, 5.41) is 0. The third-order valence-corrected chi connectivity index (χ3v) is 6.30. The number of benzene rings is 2. The standard InChI is InChI=1S/C26H30N2O2/c1-27(26(29)25-13-8-20-30-25)23-14-17-28(18-15-23)19-16-24(21-9-4-2-5-10-21)22-11-6-3-7-12-22/h2-13,20,23-24H,14-19H2,1H3. The highest BCUT2D eigenvalue weighted by Crippen LogP contribution is 2.29. The molecule has 1 fully saturated rings. The number of carbonyl (C=O) groups is 1. The molecule has 0 spiro atoms. The van der Waals surface area contributed by atoms with Gasteiger partial charge in [0.25, 0.3) is 5.91 Å². The predicted molar refractivity (Wildman–Crippen MR) is 120 cm³/mol. The summed E-state index contributed by atoms with van der Waals surface area (Å²) < 4.78 is 5.28. The zero-order chi connectivity index (χ0) is 20.8. The van der Waals surface area contributed by atoms with E-state index in [0.29, 0.717) is 11.7 Å². The molecule has 156 valence electrons. The summed E-state index contributed by atoms with van der Waals surface area (Å²) in [6.45, 7) is 3.12. The molecule has 4 rings (SSSR count). The van der Waals surface area contributed by atoms with Crippen LogP contribution >= 0.6 is 0 Å². The van der Waals surface area contributed by atoms with Crippen molar-refractivity contribution < 1.29 is 9.21 Å². The Hall–Kier alpha value is -2.85. The zero-order valence-electron chi connectivity index (χ0n) is 17.6. The third kappa shape index (κ3) is 4.82. The van der Waals surface area contributed by atoms with Gasteiger partial charge in [-0.3, -0.25) is 4.79 Å². The second-order valence-corrected chi connectivity index (χ2v) is 8.13. The molecule has 1 aliphatic rings. The van der Waals surface area contributed by atoms with Crippen LogP contribution in [0.1, 0.15) is 46.9 Å². The number of piperidine rings is 1. The summed E-state index contributed by atoms with van der Waals surface area (Å²) in [5.74, 6) is 0.813. The lowest BCUT2D eigenvalue weighted by molar-refractivity contribution is 0.0610. The molecular weight excluding hydrogens is 372 g/mol. The van der Waals surface area contributed by atoms with Gasteiger partial charge in [-0.2, -0.15) is 0 Å². The van der Waals surface area contributed by atoms with E-state index in [0.717, 1.165) is 38.9 Å². The lowest BCUT2D eigenvalue weighted by atomic mass is 9.88. The molecule has 1 aromatic heterocycles. The van der Waals surface area contributed by atoms with Gasteiger partial charge < -0.3 is 14.2 Å². The van der Waals surface area contributed by atoms with E-state index in [-0.39, 0.29) is 11.9 Å². The number of hydrogen-bond donors (Lipinski definition) is 0. The van der Waals surface area contributed by atoms with Gasteiger partial charge in [0, 0.05) is 32.1 Å². The van der Waals surface area contributed by atoms with Crippen LogP contribution in [0.3, 0.4) is 0 Å². The number of amides is 1. The highest BCUT2D eigenvalue weighted by molar-refractivity contribution is 5.91. The first-order valence-electron chi connectivity index (χ1n) is 10.9. The molecular formula is C26H30N2O2. The fourth-order valence-corrected chi connectivity index (χ4v) is 4.48. The quantitative estimate of drug-likeness (QED) is 0.556. The summed E-state index contributed by atoms with van der Waals surface area (Å²) >= 11 is 0. The van der Waals surface area contributed by atoms with Gasteiger partial charge in [0.2, 0.25) is 0 Å². The average Bonchev–Trinajstić information content (AvgIpc) is 3.35. The van der Waals surface area contributed by atoms with E-state index in [9.17, 15) is 4.79 Å². The Labute approximate surface area is 179 Å². The van der Waals surface area contributed by atoms with E-state index in [1.165, 1.54) is 11.1 Å². The first-order valence-corrected chi connectivity index (χ1v) is 10.9. The van der Waals surface area contributed by atoms with Crippen LogP contribution in [0.15, 0.2) is 83.5 Å². The monoisotopic (exact) mass is 402 g/mol. The molecule has 1 aliphatic heterocycles. The lowest BCUT2D eigenvalue weighted by Gasteiger charge is -2.37. The minimum Gasteiger partial charge on any atom is -0.459 e. The molecule has 0 radical (unpaired) electrons. The first kappa shape index (κ1) is 20.4. The number of furan rings is 1.